The Hall–Kier alpha value is -1.14. The maximum Gasteiger partial charge on any atom is 0.325 e. The summed E-state index contributed by atoms with van der Waals surface area (Å²) in [6, 6.07) is 0. The van der Waals surface area contributed by atoms with E-state index in [0.717, 1.165) is 25.7 Å². The van der Waals surface area contributed by atoms with E-state index in [1.54, 1.807) is 10.1 Å². The third kappa shape index (κ3) is 10.6. The van der Waals surface area contributed by atoms with Crippen molar-refractivity contribution in [3.05, 3.63) is 0 Å². The predicted octanol–water partition coefficient (Wildman–Crippen LogP) is 2.93. The Morgan fingerprint density at radius 1 is 0.636 bits per heavy atom. The molecule has 0 unspecified atom stereocenters. The van der Waals surface area contributed by atoms with Crippen LogP contribution in [0.25, 0.3) is 0 Å². The molecular formula is C16H32N2O4. The van der Waals surface area contributed by atoms with E-state index in [4.69, 9.17) is 9.68 Å². The molecule has 0 saturated heterocycles. The minimum atomic E-state index is -0.378. The maximum absolute atomic E-state index is 11.8. The molecule has 0 bridgehead atoms. The average molecular weight is 316 g/mol. The van der Waals surface area contributed by atoms with Gasteiger partial charge in [0.05, 0.1) is 12.8 Å². The lowest BCUT2D eigenvalue weighted by Gasteiger charge is -2.21. The summed E-state index contributed by atoms with van der Waals surface area (Å²) in [5, 5.41) is 3.32. The Morgan fingerprint density at radius 2 is 0.909 bits per heavy atom. The molecule has 0 aromatic rings. The van der Waals surface area contributed by atoms with Gasteiger partial charge < -0.3 is 9.68 Å². The standard InChI is InChI=1S/C16H32N2O4/c1-5-11-17(12-6-2)21-15(19)9-10-16(20)22-18(13-7-3)14-8-4/h5-14H2,1-4H3. The van der Waals surface area contributed by atoms with Crippen LogP contribution in [0.1, 0.15) is 66.2 Å². The fourth-order valence-corrected chi connectivity index (χ4v) is 1.99. The molecule has 0 saturated carbocycles. The molecule has 0 radical (unpaired) electrons. The summed E-state index contributed by atoms with van der Waals surface area (Å²) in [6.07, 6.45) is 3.76. The van der Waals surface area contributed by atoms with E-state index in [9.17, 15) is 9.59 Å². The van der Waals surface area contributed by atoms with Crippen molar-refractivity contribution in [2.75, 3.05) is 26.2 Å². The number of hydrogen-bond donors (Lipinski definition) is 0. The van der Waals surface area contributed by atoms with E-state index in [-0.39, 0.29) is 24.8 Å². The van der Waals surface area contributed by atoms with Gasteiger partial charge >= 0.3 is 11.9 Å². The number of carbonyl (C=O) groups excluding carboxylic acids is 2. The lowest BCUT2D eigenvalue weighted by atomic mass is 10.3. The van der Waals surface area contributed by atoms with Crippen LogP contribution in [0.3, 0.4) is 0 Å². The van der Waals surface area contributed by atoms with Gasteiger partial charge in [0.2, 0.25) is 0 Å². The zero-order chi connectivity index (χ0) is 16.8. The van der Waals surface area contributed by atoms with E-state index >= 15 is 0 Å². The summed E-state index contributed by atoms with van der Waals surface area (Å²) in [6.45, 7) is 11.0. The Balaban J connectivity index is 4.08. The normalized spacial score (nSPS) is 11.0. The van der Waals surface area contributed by atoms with Gasteiger partial charge in [-0.1, -0.05) is 27.7 Å². The van der Waals surface area contributed by atoms with E-state index in [1.807, 2.05) is 27.7 Å². The van der Waals surface area contributed by atoms with Crippen LogP contribution in [-0.2, 0) is 19.3 Å². The molecule has 0 spiro atoms. The van der Waals surface area contributed by atoms with E-state index in [1.165, 1.54) is 0 Å². The molecule has 0 atom stereocenters. The van der Waals surface area contributed by atoms with Crippen LogP contribution in [0.5, 0.6) is 0 Å². The summed E-state index contributed by atoms with van der Waals surface area (Å²) in [7, 11) is 0. The lowest BCUT2D eigenvalue weighted by molar-refractivity contribution is -0.198. The highest BCUT2D eigenvalue weighted by molar-refractivity contribution is 5.77. The third-order valence-corrected chi connectivity index (χ3v) is 2.89. The number of hydrogen-bond acceptors (Lipinski definition) is 6. The quantitative estimate of drug-likeness (QED) is 0.487. The fraction of sp³-hybridized carbons (Fsp3) is 0.875. The van der Waals surface area contributed by atoms with Crippen molar-refractivity contribution >= 4 is 11.9 Å². The van der Waals surface area contributed by atoms with Gasteiger partial charge in [-0.3, -0.25) is 9.59 Å². The molecule has 0 amide bonds. The Kier molecular flexibility index (Phi) is 12.8. The molecule has 6 nitrogen and oxygen atoms in total. The van der Waals surface area contributed by atoms with Crippen molar-refractivity contribution in [1.29, 1.82) is 0 Å². The largest absolute Gasteiger partial charge is 0.368 e. The van der Waals surface area contributed by atoms with Crippen molar-refractivity contribution in [2.24, 2.45) is 0 Å². The number of carbonyl (C=O) groups is 2. The van der Waals surface area contributed by atoms with Gasteiger partial charge in [0.15, 0.2) is 0 Å². The molecule has 0 aromatic carbocycles. The summed E-state index contributed by atoms with van der Waals surface area (Å²) >= 11 is 0. The van der Waals surface area contributed by atoms with Crippen LogP contribution in [0.2, 0.25) is 0 Å². The average Bonchev–Trinajstić information content (AvgIpc) is 2.46. The molecule has 0 N–H and O–H groups in total. The van der Waals surface area contributed by atoms with Gasteiger partial charge in [-0.15, -0.1) is 10.1 Å². The van der Waals surface area contributed by atoms with Crippen LogP contribution in [0.15, 0.2) is 0 Å². The van der Waals surface area contributed by atoms with Crippen LogP contribution >= 0.6 is 0 Å². The second kappa shape index (κ2) is 13.5. The molecule has 0 aliphatic carbocycles. The first kappa shape index (κ1) is 20.9. The van der Waals surface area contributed by atoms with Gasteiger partial charge in [0.25, 0.3) is 0 Å². The third-order valence-electron chi connectivity index (χ3n) is 2.89. The first-order valence-corrected chi connectivity index (χ1v) is 8.48. The topological polar surface area (TPSA) is 59.1 Å². The van der Waals surface area contributed by atoms with Gasteiger partial charge in [-0.05, 0) is 25.7 Å². The van der Waals surface area contributed by atoms with Crippen molar-refractivity contribution in [3.8, 4) is 0 Å². The monoisotopic (exact) mass is 316 g/mol. The summed E-state index contributed by atoms with van der Waals surface area (Å²) in [5.41, 5.74) is 0. The van der Waals surface area contributed by atoms with Crippen LogP contribution in [0.4, 0.5) is 0 Å². The zero-order valence-corrected chi connectivity index (χ0v) is 14.6. The number of rotatable bonds is 13. The van der Waals surface area contributed by atoms with Gasteiger partial charge in [0, 0.05) is 26.2 Å². The summed E-state index contributed by atoms with van der Waals surface area (Å²) in [5.74, 6) is -0.757. The smallest absolute Gasteiger partial charge is 0.325 e. The molecule has 0 aromatic heterocycles. The van der Waals surface area contributed by atoms with Gasteiger partial charge in [-0.25, -0.2) is 0 Å². The summed E-state index contributed by atoms with van der Waals surface area (Å²) in [4.78, 5) is 34.0. The lowest BCUT2D eigenvalue weighted by Crippen LogP contribution is -2.31. The van der Waals surface area contributed by atoms with Crippen LogP contribution in [-0.4, -0.2) is 48.2 Å². The molecule has 6 heteroatoms. The molecule has 130 valence electrons. The first-order chi connectivity index (χ1) is 10.6. The van der Waals surface area contributed by atoms with Crippen LogP contribution < -0.4 is 0 Å². The number of hydroxylamine groups is 4. The molecular weight excluding hydrogens is 284 g/mol. The predicted molar refractivity (Wildman–Crippen MR) is 85.7 cm³/mol. The molecule has 0 fully saturated rings. The second-order valence-electron chi connectivity index (χ2n) is 5.28. The second-order valence-corrected chi connectivity index (χ2v) is 5.28. The molecule has 22 heavy (non-hydrogen) atoms. The van der Waals surface area contributed by atoms with Crippen molar-refractivity contribution in [1.82, 2.24) is 10.1 Å². The highest BCUT2D eigenvalue weighted by Crippen LogP contribution is 2.04. The Bertz CT molecular complexity index is 269. The fourth-order valence-electron chi connectivity index (χ4n) is 1.99. The van der Waals surface area contributed by atoms with Gasteiger partial charge in [-0.2, -0.15) is 0 Å². The number of nitrogens with zero attached hydrogens (tertiary/aromatic N) is 2. The van der Waals surface area contributed by atoms with E-state index in [2.05, 4.69) is 0 Å². The SMILES string of the molecule is CCCN(CCC)OC(=O)CCC(=O)ON(CCC)CCC. The van der Waals surface area contributed by atoms with Gasteiger partial charge in [0.1, 0.15) is 0 Å². The van der Waals surface area contributed by atoms with Crippen LogP contribution in [0, 0.1) is 0 Å². The van der Waals surface area contributed by atoms with Crippen molar-refractivity contribution < 1.29 is 19.3 Å². The zero-order valence-electron chi connectivity index (χ0n) is 14.6. The highest BCUT2D eigenvalue weighted by Gasteiger charge is 2.15. The maximum atomic E-state index is 11.8. The Labute approximate surface area is 134 Å². The highest BCUT2D eigenvalue weighted by atomic mass is 16.7. The molecule has 0 heterocycles. The summed E-state index contributed by atoms with van der Waals surface area (Å²) < 4.78 is 0. The van der Waals surface area contributed by atoms with E-state index in [0.29, 0.717) is 26.2 Å². The minimum Gasteiger partial charge on any atom is -0.368 e. The first-order valence-electron chi connectivity index (χ1n) is 8.48. The molecule has 0 aliphatic heterocycles. The molecule has 0 aliphatic rings. The van der Waals surface area contributed by atoms with Crippen molar-refractivity contribution in [3.63, 3.8) is 0 Å². The van der Waals surface area contributed by atoms with Crippen molar-refractivity contribution in [2.45, 2.75) is 66.2 Å². The minimum absolute atomic E-state index is 0.0504. The molecule has 0 rings (SSSR count). The Morgan fingerprint density at radius 3 is 1.14 bits per heavy atom. The van der Waals surface area contributed by atoms with E-state index < -0.39 is 0 Å².